The minimum Gasteiger partial charge on any atom is -0.342 e. The van der Waals surface area contributed by atoms with Gasteiger partial charge in [0.25, 0.3) is 0 Å². The quantitative estimate of drug-likeness (QED) is 0.796. The van der Waals surface area contributed by atoms with Crippen molar-refractivity contribution in [2.24, 2.45) is 0 Å². The van der Waals surface area contributed by atoms with E-state index in [0.717, 1.165) is 36.2 Å². The van der Waals surface area contributed by atoms with Crippen LogP contribution in [-0.4, -0.2) is 37.5 Å². The van der Waals surface area contributed by atoms with Crippen LogP contribution in [0.1, 0.15) is 42.8 Å². The fraction of sp³-hybridized carbons (Fsp3) is 0.412. The molecule has 0 bridgehead atoms. The summed E-state index contributed by atoms with van der Waals surface area (Å²) in [6, 6.07) is 7.82. The fourth-order valence-electron chi connectivity index (χ4n) is 3.28. The van der Waals surface area contributed by atoms with Gasteiger partial charge in [-0.05, 0) is 25.0 Å². The van der Waals surface area contributed by atoms with Gasteiger partial charge < -0.3 is 14.4 Å². The van der Waals surface area contributed by atoms with Gasteiger partial charge in [-0.1, -0.05) is 17.3 Å². The summed E-state index contributed by atoms with van der Waals surface area (Å²) < 4.78 is 5.05. The first-order chi connectivity index (χ1) is 11.7. The van der Waals surface area contributed by atoms with Crippen LogP contribution in [0.25, 0.3) is 11.0 Å². The molecular weight excluding hydrogens is 306 g/mol. The monoisotopic (exact) mass is 325 g/mol. The van der Waals surface area contributed by atoms with E-state index >= 15 is 0 Å². The molecule has 0 radical (unpaired) electrons. The van der Waals surface area contributed by atoms with Gasteiger partial charge in [0.1, 0.15) is 5.82 Å². The Hall–Kier alpha value is -2.70. The zero-order chi connectivity index (χ0) is 16.5. The Morgan fingerprint density at radius 2 is 2.25 bits per heavy atom. The number of H-pyrrole nitrogens is 1. The van der Waals surface area contributed by atoms with Crippen molar-refractivity contribution in [3.8, 4) is 0 Å². The van der Waals surface area contributed by atoms with E-state index in [-0.39, 0.29) is 11.9 Å². The average molecular weight is 325 g/mol. The number of hydrogen-bond donors (Lipinski definition) is 1. The van der Waals surface area contributed by atoms with Gasteiger partial charge in [-0.25, -0.2) is 4.98 Å². The van der Waals surface area contributed by atoms with Gasteiger partial charge in [-0.15, -0.1) is 0 Å². The maximum atomic E-state index is 12.6. The number of aryl methyl sites for hydroxylation is 2. The summed E-state index contributed by atoms with van der Waals surface area (Å²) >= 11 is 0. The summed E-state index contributed by atoms with van der Waals surface area (Å²) in [5.41, 5.74) is 1.93. The van der Waals surface area contributed by atoms with Crippen LogP contribution in [0.3, 0.4) is 0 Å². The predicted octanol–water partition coefficient (Wildman–Crippen LogP) is 2.55. The number of benzene rings is 1. The summed E-state index contributed by atoms with van der Waals surface area (Å²) in [5.74, 6) is 2.10. The van der Waals surface area contributed by atoms with Gasteiger partial charge >= 0.3 is 0 Å². The topological polar surface area (TPSA) is 87.9 Å². The molecule has 24 heavy (non-hydrogen) atoms. The number of nitrogens with one attached hydrogen (secondary N) is 1. The second-order valence-electron chi connectivity index (χ2n) is 6.12. The third-order valence-corrected chi connectivity index (χ3v) is 4.43. The lowest BCUT2D eigenvalue weighted by Crippen LogP contribution is -2.31. The number of carbonyl (C=O) groups excluding carboxylic acids is 1. The summed E-state index contributed by atoms with van der Waals surface area (Å²) in [4.78, 5) is 26.6. The van der Waals surface area contributed by atoms with Gasteiger partial charge in [0.05, 0.1) is 17.1 Å². The molecule has 1 aliphatic rings. The number of rotatable bonds is 4. The maximum absolute atomic E-state index is 12.6. The first-order valence-corrected chi connectivity index (χ1v) is 8.24. The Kier molecular flexibility index (Phi) is 3.76. The van der Waals surface area contributed by atoms with Gasteiger partial charge in [-0.3, -0.25) is 4.79 Å². The van der Waals surface area contributed by atoms with Gasteiger partial charge in [-0.2, -0.15) is 4.98 Å². The molecule has 4 rings (SSSR count). The van der Waals surface area contributed by atoms with E-state index in [0.29, 0.717) is 24.6 Å². The first-order valence-electron chi connectivity index (χ1n) is 8.24. The number of aromatic nitrogens is 4. The second kappa shape index (κ2) is 6.07. The number of aromatic amines is 1. The van der Waals surface area contributed by atoms with Gasteiger partial charge in [0.2, 0.25) is 11.8 Å². The smallest absolute Gasteiger partial charge is 0.223 e. The van der Waals surface area contributed by atoms with Crippen LogP contribution >= 0.6 is 0 Å². The zero-order valence-electron chi connectivity index (χ0n) is 13.5. The summed E-state index contributed by atoms with van der Waals surface area (Å²) in [7, 11) is 0. The van der Waals surface area contributed by atoms with Gasteiger partial charge in [0, 0.05) is 26.3 Å². The lowest BCUT2D eigenvalue weighted by molar-refractivity contribution is -0.132. The summed E-state index contributed by atoms with van der Waals surface area (Å²) in [6.07, 6.45) is 2.87. The number of imidazole rings is 1. The minimum absolute atomic E-state index is 0.0642. The molecule has 0 aliphatic carbocycles. The number of likely N-dealkylation sites (tertiary alicyclic amines) is 1. The van der Waals surface area contributed by atoms with Crippen molar-refractivity contribution < 1.29 is 9.32 Å². The Morgan fingerprint density at radius 1 is 1.38 bits per heavy atom. The third kappa shape index (κ3) is 2.77. The number of para-hydroxylation sites is 2. The maximum Gasteiger partial charge on any atom is 0.223 e. The van der Waals surface area contributed by atoms with Crippen molar-refractivity contribution in [3.63, 3.8) is 0 Å². The Bertz CT molecular complexity index is 836. The van der Waals surface area contributed by atoms with Crippen LogP contribution in [0.2, 0.25) is 0 Å². The van der Waals surface area contributed by atoms with E-state index in [1.807, 2.05) is 29.2 Å². The number of carbonyl (C=O) groups is 1. The van der Waals surface area contributed by atoms with Crippen LogP contribution in [0.5, 0.6) is 0 Å². The number of fused-ring (bicyclic) bond motifs is 1. The van der Waals surface area contributed by atoms with Crippen molar-refractivity contribution >= 4 is 16.9 Å². The molecule has 0 spiro atoms. The molecule has 124 valence electrons. The predicted molar refractivity (Wildman–Crippen MR) is 87.1 cm³/mol. The van der Waals surface area contributed by atoms with Crippen LogP contribution in [0, 0.1) is 6.92 Å². The van der Waals surface area contributed by atoms with Crippen LogP contribution < -0.4 is 0 Å². The molecule has 3 aromatic rings. The Labute approximate surface area is 139 Å². The van der Waals surface area contributed by atoms with Crippen LogP contribution in [0.4, 0.5) is 0 Å². The molecule has 1 unspecified atom stereocenters. The highest BCUT2D eigenvalue weighted by atomic mass is 16.5. The minimum atomic E-state index is -0.0642. The molecule has 1 aromatic carbocycles. The van der Waals surface area contributed by atoms with E-state index in [4.69, 9.17) is 4.52 Å². The molecule has 7 heteroatoms. The lowest BCUT2D eigenvalue weighted by atomic mass is 10.2. The van der Waals surface area contributed by atoms with Crippen molar-refractivity contribution in [2.75, 3.05) is 6.54 Å². The zero-order valence-corrected chi connectivity index (χ0v) is 13.5. The Balaban J connectivity index is 1.43. The standard InChI is InChI=1S/C17H19N5O2/c1-11-18-17(21-24-11)14-7-4-10-22(14)16(23)9-8-15-19-12-5-2-3-6-13(12)20-15/h2-3,5-6,14H,4,7-10H2,1H3,(H,19,20). The molecule has 1 N–H and O–H groups in total. The average Bonchev–Trinajstić information content (AvgIpc) is 3.30. The van der Waals surface area contributed by atoms with Crippen molar-refractivity contribution in [2.45, 2.75) is 38.6 Å². The molecule has 1 amide bonds. The molecule has 0 saturated carbocycles. The highest BCUT2D eigenvalue weighted by molar-refractivity contribution is 5.78. The normalized spacial score (nSPS) is 17.7. The van der Waals surface area contributed by atoms with Gasteiger partial charge in [0.15, 0.2) is 5.82 Å². The van der Waals surface area contributed by atoms with Crippen LogP contribution in [0.15, 0.2) is 28.8 Å². The first kappa shape index (κ1) is 14.9. The van der Waals surface area contributed by atoms with Crippen LogP contribution in [-0.2, 0) is 11.2 Å². The highest BCUT2D eigenvalue weighted by Crippen LogP contribution is 2.30. The highest BCUT2D eigenvalue weighted by Gasteiger charge is 2.32. The molecule has 1 aliphatic heterocycles. The Morgan fingerprint density at radius 3 is 3.04 bits per heavy atom. The van der Waals surface area contributed by atoms with E-state index in [1.54, 1.807) is 6.92 Å². The van der Waals surface area contributed by atoms with Crippen molar-refractivity contribution in [3.05, 3.63) is 41.8 Å². The van der Waals surface area contributed by atoms with E-state index in [9.17, 15) is 4.79 Å². The number of amides is 1. The SMILES string of the molecule is Cc1nc(C2CCCN2C(=O)CCc2nc3ccccc3[nH]2)no1. The number of nitrogens with zero attached hydrogens (tertiary/aromatic N) is 4. The third-order valence-electron chi connectivity index (χ3n) is 4.43. The van der Waals surface area contributed by atoms with E-state index < -0.39 is 0 Å². The molecule has 2 aromatic heterocycles. The molecule has 1 atom stereocenters. The second-order valence-corrected chi connectivity index (χ2v) is 6.12. The fourth-order valence-corrected chi connectivity index (χ4v) is 3.28. The molecular formula is C17H19N5O2. The largest absolute Gasteiger partial charge is 0.342 e. The summed E-state index contributed by atoms with van der Waals surface area (Å²) in [5, 5.41) is 3.98. The van der Waals surface area contributed by atoms with Crippen molar-refractivity contribution in [1.82, 2.24) is 25.0 Å². The molecule has 3 heterocycles. The van der Waals surface area contributed by atoms with E-state index in [1.165, 1.54) is 0 Å². The summed E-state index contributed by atoms with van der Waals surface area (Å²) in [6.45, 7) is 2.51. The molecule has 1 fully saturated rings. The van der Waals surface area contributed by atoms with E-state index in [2.05, 4.69) is 20.1 Å². The van der Waals surface area contributed by atoms with Crippen molar-refractivity contribution in [1.29, 1.82) is 0 Å². The lowest BCUT2D eigenvalue weighted by Gasteiger charge is -2.22. The number of hydrogen-bond acceptors (Lipinski definition) is 5. The molecule has 1 saturated heterocycles. The molecule has 7 nitrogen and oxygen atoms in total.